The van der Waals surface area contributed by atoms with E-state index in [0.29, 0.717) is 4.90 Å². The van der Waals surface area contributed by atoms with Crippen LogP contribution in [0.1, 0.15) is 38.2 Å². The second-order valence-electron chi connectivity index (χ2n) is 5.28. The lowest BCUT2D eigenvalue weighted by atomic mass is 10.0. The minimum Gasteiger partial charge on any atom is -0.207 e. The molecule has 1 aliphatic carbocycles. The number of nitrogens with one attached hydrogen (secondary N) is 1. The monoisotopic (exact) mass is 331 g/mol. The van der Waals surface area contributed by atoms with Gasteiger partial charge in [-0.05, 0) is 50.5 Å². The van der Waals surface area contributed by atoms with Gasteiger partial charge in [-0.1, -0.05) is 28.8 Å². The summed E-state index contributed by atoms with van der Waals surface area (Å²) >= 11 is 3.38. The number of hydrogen-bond acceptors (Lipinski definition) is 2. The van der Waals surface area contributed by atoms with Crippen molar-refractivity contribution < 1.29 is 8.42 Å². The lowest BCUT2D eigenvalue weighted by Gasteiger charge is -2.25. The Morgan fingerprint density at radius 3 is 2.44 bits per heavy atom. The lowest BCUT2D eigenvalue weighted by Crippen LogP contribution is -2.43. The molecule has 0 saturated heterocycles. The number of aryl methyl sites for hydroxylation is 1. The molecule has 0 atom stereocenters. The number of halogens is 1. The zero-order valence-corrected chi connectivity index (χ0v) is 13.1. The molecular formula is C13H18BrNO2S. The minimum atomic E-state index is -3.41. The van der Waals surface area contributed by atoms with E-state index in [4.69, 9.17) is 0 Å². The molecule has 0 spiro atoms. The van der Waals surface area contributed by atoms with E-state index in [-0.39, 0.29) is 5.54 Å². The van der Waals surface area contributed by atoms with Crippen molar-refractivity contribution in [2.24, 2.45) is 0 Å². The maximum atomic E-state index is 12.3. The summed E-state index contributed by atoms with van der Waals surface area (Å²) in [4.78, 5) is 0.344. The molecule has 0 radical (unpaired) electrons. The molecule has 100 valence electrons. The van der Waals surface area contributed by atoms with E-state index < -0.39 is 10.0 Å². The summed E-state index contributed by atoms with van der Waals surface area (Å²) < 4.78 is 28.4. The second kappa shape index (κ2) is 4.94. The molecule has 18 heavy (non-hydrogen) atoms. The van der Waals surface area contributed by atoms with Gasteiger partial charge in [0.1, 0.15) is 0 Å². The Bertz CT molecular complexity index is 548. The third kappa shape index (κ3) is 2.95. The molecule has 2 rings (SSSR count). The van der Waals surface area contributed by atoms with Crippen LogP contribution in [-0.2, 0) is 10.0 Å². The van der Waals surface area contributed by atoms with Crippen LogP contribution in [0.2, 0.25) is 0 Å². The van der Waals surface area contributed by atoms with Crippen LogP contribution < -0.4 is 4.72 Å². The SMILES string of the molecule is Cc1cc(S(=O)(=O)NC2(C)CCCC2)ccc1Br. The van der Waals surface area contributed by atoms with Gasteiger partial charge in [0.15, 0.2) is 0 Å². The van der Waals surface area contributed by atoms with Gasteiger partial charge in [-0.15, -0.1) is 0 Å². The van der Waals surface area contributed by atoms with Gasteiger partial charge in [0, 0.05) is 10.0 Å². The van der Waals surface area contributed by atoms with Crippen LogP contribution in [0.3, 0.4) is 0 Å². The normalized spacial score (nSPS) is 19.1. The smallest absolute Gasteiger partial charge is 0.207 e. The first kappa shape index (κ1) is 14.0. The van der Waals surface area contributed by atoms with E-state index in [0.717, 1.165) is 35.7 Å². The summed E-state index contributed by atoms with van der Waals surface area (Å²) in [5.74, 6) is 0. The van der Waals surface area contributed by atoms with Crippen LogP contribution >= 0.6 is 15.9 Å². The molecule has 5 heteroatoms. The van der Waals surface area contributed by atoms with Crippen molar-refractivity contribution in [2.45, 2.75) is 50.0 Å². The van der Waals surface area contributed by atoms with Crippen LogP contribution in [0, 0.1) is 6.92 Å². The minimum absolute atomic E-state index is 0.278. The highest BCUT2D eigenvalue weighted by molar-refractivity contribution is 9.10. The summed E-state index contributed by atoms with van der Waals surface area (Å²) in [6.07, 6.45) is 4.03. The number of rotatable bonds is 3. The molecular weight excluding hydrogens is 314 g/mol. The quantitative estimate of drug-likeness (QED) is 0.922. The molecule has 3 nitrogen and oxygen atoms in total. The van der Waals surface area contributed by atoms with E-state index >= 15 is 0 Å². The number of hydrogen-bond donors (Lipinski definition) is 1. The highest BCUT2D eigenvalue weighted by Gasteiger charge is 2.33. The Labute approximate surface area is 117 Å². The maximum absolute atomic E-state index is 12.3. The maximum Gasteiger partial charge on any atom is 0.241 e. The molecule has 1 N–H and O–H groups in total. The summed E-state index contributed by atoms with van der Waals surface area (Å²) in [5, 5.41) is 0. The molecule has 1 saturated carbocycles. The van der Waals surface area contributed by atoms with Crippen molar-refractivity contribution in [3.05, 3.63) is 28.2 Å². The summed E-state index contributed by atoms with van der Waals surface area (Å²) in [6.45, 7) is 3.88. The van der Waals surface area contributed by atoms with Crippen molar-refractivity contribution >= 4 is 26.0 Å². The van der Waals surface area contributed by atoms with Crippen molar-refractivity contribution in [1.82, 2.24) is 4.72 Å². The van der Waals surface area contributed by atoms with Gasteiger partial charge < -0.3 is 0 Å². The fourth-order valence-corrected chi connectivity index (χ4v) is 4.22. The summed E-state index contributed by atoms with van der Waals surface area (Å²) in [6, 6.07) is 5.11. The van der Waals surface area contributed by atoms with Gasteiger partial charge in [0.25, 0.3) is 0 Å². The molecule has 0 amide bonds. The molecule has 1 aromatic rings. The lowest BCUT2D eigenvalue weighted by molar-refractivity contribution is 0.427. The fourth-order valence-electron chi connectivity index (χ4n) is 2.43. The molecule has 0 bridgehead atoms. The highest BCUT2D eigenvalue weighted by Crippen LogP contribution is 2.31. The zero-order chi connectivity index (χ0) is 13.4. The average molecular weight is 332 g/mol. The zero-order valence-electron chi connectivity index (χ0n) is 10.7. The van der Waals surface area contributed by atoms with E-state index in [2.05, 4.69) is 20.7 Å². The third-order valence-electron chi connectivity index (χ3n) is 3.53. The van der Waals surface area contributed by atoms with Crippen molar-refractivity contribution in [1.29, 1.82) is 0 Å². The third-order valence-corrected chi connectivity index (χ3v) is 6.05. The molecule has 1 aliphatic rings. The van der Waals surface area contributed by atoms with Gasteiger partial charge in [0.05, 0.1) is 4.90 Å². The molecule has 0 aliphatic heterocycles. The van der Waals surface area contributed by atoms with E-state index in [1.54, 1.807) is 18.2 Å². The number of benzene rings is 1. The first-order valence-electron chi connectivity index (χ1n) is 6.13. The highest BCUT2D eigenvalue weighted by atomic mass is 79.9. The Balaban J connectivity index is 2.27. The number of sulfonamides is 1. The Kier molecular flexibility index (Phi) is 3.85. The van der Waals surface area contributed by atoms with Gasteiger partial charge in [-0.25, -0.2) is 13.1 Å². The van der Waals surface area contributed by atoms with E-state index in [1.807, 2.05) is 13.8 Å². The van der Waals surface area contributed by atoms with Crippen LogP contribution in [-0.4, -0.2) is 14.0 Å². The van der Waals surface area contributed by atoms with Gasteiger partial charge in [-0.3, -0.25) is 0 Å². The van der Waals surface area contributed by atoms with Crippen molar-refractivity contribution in [2.75, 3.05) is 0 Å². The standard InChI is InChI=1S/C13H18BrNO2S/c1-10-9-11(5-6-12(10)14)18(16,17)15-13(2)7-3-4-8-13/h5-6,9,15H,3-4,7-8H2,1-2H3. The molecule has 1 aromatic carbocycles. The second-order valence-corrected chi connectivity index (χ2v) is 7.82. The topological polar surface area (TPSA) is 46.2 Å². The largest absolute Gasteiger partial charge is 0.241 e. The Hall–Kier alpha value is -0.390. The Morgan fingerprint density at radius 2 is 1.89 bits per heavy atom. The van der Waals surface area contributed by atoms with Crippen LogP contribution in [0.4, 0.5) is 0 Å². The molecule has 0 unspecified atom stereocenters. The Morgan fingerprint density at radius 1 is 1.28 bits per heavy atom. The van der Waals surface area contributed by atoms with Crippen LogP contribution in [0.25, 0.3) is 0 Å². The van der Waals surface area contributed by atoms with Crippen LogP contribution in [0.5, 0.6) is 0 Å². The summed E-state index contributed by atoms with van der Waals surface area (Å²) in [7, 11) is -3.41. The predicted octanol–water partition coefficient (Wildman–Crippen LogP) is 3.37. The van der Waals surface area contributed by atoms with E-state index in [1.165, 1.54) is 0 Å². The first-order valence-corrected chi connectivity index (χ1v) is 8.40. The molecule has 0 heterocycles. The van der Waals surface area contributed by atoms with Crippen molar-refractivity contribution in [3.63, 3.8) is 0 Å². The first-order chi connectivity index (χ1) is 8.32. The van der Waals surface area contributed by atoms with E-state index in [9.17, 15) is 8.42 Å². The predicted molar refractivity (Wildman–Crippen MR) is 76.1 cm³/mol. The molecule has 0 aromatic heterocycles. The van der Waals surface area contributed by atoms with Crippen molar-refractivity contribution in [3.8, 4) is 0 Å². The average Bonchev–Trinajstić information content (AvgIpc) is 2.67. The van der Waals surface area contributed by atoms with Gasteiger partial charge >= 0.3 is 0 Å². The van der Waals surface area contributed by atoms with Gasteiger partial charge in [0.2, 0.25) is 10.0 Å². The van der Waals surface area contributed by atoms with Gasteiger partial charge in [-0.2, -0.15) is 0 Å². The summed E-state index contributed by atoms with van der Waals surface area (Å²) in [5.41, 5.74) is 0.647. The molecule has 1 fully saturated rings. The van der Waals surface area contributed by atoms with Crippen LogP contribution in [0.15, 0.2) is 27.6 Å². The fraction of sp³-hybridized carbons (Fsp3) is 0.538.